The topological polar surface area (TPSA) is 81.7 Å². The van der Waals surface area contributed by atoms with Gasteiger partial charge in [-0.3, -0.25) is 19.7 Å². The number of rotatable bonds is 10. The maximum Gasteiger partial charge on any atom is 0.310 e. The van der Waals surface area contributed by atoms with E-state index in [0.29, 0.717) is 0 Å². The van der Waals surface area contributed by atoms with Crippen molar-refractivity contribution < 1.29 is 23.9 Å². The van der Waals surface area contributed by atoms with Gasteiger partial charge in [0.25, 0.3) is 11.8 Å². The first-order valence-corrected chi connectivity index (χ1v) is 8.51. The molecule has 0 unspecified atom stereocenters. The van der Waals surface area contributed by atoms with Crippen LogP contribution in [0.2, 0.25) is 0 Å². The van der Waals surface area contributed by atoms with Gasteiger partial charge >= 0.3 is 5.97 Å². The largest absolute Gasteiger partial charge is 0.496 e. The summed E-state index contributed by atoms with van der Waals surface area (Å²) >= 11 is 0. The summed E-state index contributed by atoms with van der Waals surface area (Å²) in [6, 6.07) is 5.71. The van der Waals surface area contributed by atoms with Crippen molar-refractivity contribution in [3.05, 3.63) is 53.6 Å². The average Bonchev–Trinajstić information content (AvgIpc) is 2.94. The van der Waals surface area contributed by atoms with Crippen LogP contribution in [0.1, 0.15) is 36.8 Å². The Morgan fingerprint density at radius 2 is 2.08 bits per heavy atom. The average molecular weight is 357 g/mol. The number of unbranched alkanes of at least 4 members (excludes halogenated alkanes) is 2. The summed E-state index contributed by atoms with van der Waals surface area (Å²) < 4.78 is 10.6. The number of hydrogen-bond acceptors (Lipinski definition) is 5. The van der Waals surface area contributed by atoms with E-state index in [4.69, 9.17) is 9.47 Å². The first-order chi connectivity index (χ1) is 12.5. The quantitative estimate of drug-likeness (QED) is 0.301. The van der Waals surface area contributed by atoms with Crippen molar-refractivity contribution in [2.45, 2.75) is 38.7 Å². The Bertz CT molecular complexity index is 736. The highest BCUT2D eigenvalue weighted by Crippen LogP contribution is 2.23. The first-order valence-electron chi connectivity index (χ1n) is 8.51. The first kappa shape index (κ1) is 19.4. The molecule has 2 amide bonds. The fourth-order valence-corrected chi connectivity index (χ4v) is 2.64. The van der Waals surface area contributed by atoms with Gasteiger partial charge in [0.2, 0.25) is 0 Å². The Balaban J connectivity index is 1.88. The number of amides is 2. The van der Waals surface area contributed by atoms with Crippen molar-refractivity contribution in [3.8, 4) is 5.75 Å². The molecular weight excluding hydrogens is 334 g/mol. The third-order valence-electron chi connectivity index (χ3n) is 4.02. The van der Waals surface area contributed by atoms with Crippen molar-refractivity contribution in [3.63, 3.8) is 0 Å². The molecule has 0 radical (unpaired) electrons. The Kier molecular flexibility index (Phi) is 7.14. The number of aryl methyl sites for hydroxylation is 1. The van der Waals surface area contributed by atoms with E-state index in [1.54, 1.807) is 7.11 Å². The molecule has 0 aromatic heterocycles. The summed E-state index contributed by atoms with van der Waals surface area (Å²) in [7, 11) is 1.61. The molecule has 0 bridgehead atoms. The van der Waals surface area contributed by atoms with Crippen molar-refractivity contribution in [1.29, 1.82) is 0 Å². The van der Waals surface area contributed by atoms with Crippen LogP contribution >= 0.6 is 0 Å². The van der Waals surface area contributed by atoms with Crippen LogP contribution < -0.4 is 10.1 Å². The molecule has 0 fully saturated rings. The minimum Gasteiger partial charge on any atom is -0.496 e. The normalized spacial score (nSPS) is 13.2. The number of carbonyl (C=O) groups is 3. The molecule has 0 saturated carbocycles. The van der Waals surface area contributed by atoms with E-state index in [9.17, 15) is 14.4 Å². The standard InChI is InChI=1S/C20H23NO5/c1-3-4-5-6-7-15-9-8-14(10-17(15)25-2)13-26-19(23)12-16-11-18(22)21-20(16)24/h3,8-11H,1,4-7,12-13H2,2H3,(H,21,22,24). The number of imide groups is 1. The van der Waals surface area contributed by atoms with E-state index in [1.807, 2.05) is 24.3 Å². The van der Waals surface area contributed by atoms with E-state index in [1.165, 1.54) is 0 Å². The van der Waals surface area contributed by atoms with Gasteiger partial charge in [-0.15, -0.1) is 6.58 Å². The maximum atomic E-state index is 11.9. The molecule has 1 aliphatic heterocycles. The summed E-state index contributed by atoms with van der Waals surface area (Å²) in [5.74, 6) is -0.852. The highest BCUT2D eigenvalue weighted by atomic mass is 16.5. The second-order valence-electron chi connectivity index (χ2n) is 6.01. The van der Waals surface area contributed by atoms with E-state index in [-0.39, 0.29) is 18.6 Å². The van der Waals surface area contributed by atoms with Crippen molar-refractivity contribution in [2.75, 3.05) is 7.11 Å². The third-order valence-corrected chi connectivity index (χ3v) is 4.02. The third kappa shape index (κ3) is 5.58. The molecular formula is C20H23NO5. The van der Waals surface area contributed by atoms with E-state index >= 15 is 0 Å². The van der Waals surface area contributed by atoms with Crippen molar-refractivity contribution in [2.24, 2.45) is 0 Å². The summed E-state index contributed by atoms with van der Waals surface area (Å²) in [5, 5.41) is 2.09. The van der Waals surface area contributed by atoms with Gasteiger partial charge in [-0.1, -0.05) is 18.2 Å². The predicted molar refractivity (Wildman–Crippen MR) is 96.4 cm³/mol. The number of allylic oxidation sites excluding steroid dienone is 1. The molecule has 26 heavy (non-hydrogen) atoms. The predicted octanol–water partition coefficient (Wildman–Crippen LogP) is 2.61. The Labute approximate surface area is 152 Å². The van der Waals surface area contributed by atoms with Crippen molar-refractivity contribution >= 4 is 17.8 Å². The van der Waals surface area contributed by atoms with Crippen LogP contribution in [-0.4, -0.2) is 24.9 Å². The number of benzene rings is 1. The smallest absolute Gasteiger partial charge is 0.310 e. The molecule has 0 aliphatic carbocycles. The number of hydrogen-bond donors (Lipinski definition) is 1. The lowest BCUT2D eigenvalue weighted by Gasteiger charge is -2.11. The molecule has 1 N–H and O–H groups in total. The fraction of sp³-hybridized carbons (Fsp3) is 0.350. The van der Waals surface area contributed by atoms with Crippen LogP contribution in [0.15, 0.2) is 42.5 Å². The lowest BCUT2D eigenvalue weighted by molar-refractivity contribution is -0.144. The Morgan fingerprint density at radius 1 is 1.27 bits per heavy atom. The zero-order valence-electron chi connectivity index (χ0n) is 14.9. The van der Waals surface area contributed by atoms with E-state index < -0.39 is 17.8 Å². The van der Waals surface area contributed by atoms with Crippen LogP contribution in [0.5, 0.6) is 5.75 Å². The number of esters is 1. The number of ether oxygens (including phenoxy) is 2. The molecule has 1 aliphatic rings. The lowest BCUT2D eigenvalue weighted by Crippen LogP contribution is -2.23. The lowest BCUT2D eigenvalue weighted by atomic mass is 10.0. The van der Waals surface area contributed by atoms with Gasteiger partial charge in [-0.05, 0) is 42.9 Å². The number of nitrogens with one attached hydrogen (secondary N) is 1. The maximum absolute atomic E-state index is 11.9. The molecule has 0 saturated heterocycles. The van der Waals surface area contributed by atoms with Crippen LogP contribution in [0.4, 0.5) is 0 Å². The molecule has 0 atom stereocenters. The fourth-order valence-electron chi connectivity index (χ4n) is 2.64. The van der Waals surface area contributed by atoms with Crippen LogP contribution in [0, 0.1) is 0 Å². The number of methoxy groups -OCH3 is 1. The molecule has 0 spiro atoms. The Hall–Kier alpha value is -2.89. The van der Waals surface area contributed by atoms with Crippen LogP contribution in [0.3, 0.4) is 0 Å². The summed E-state index contributed by atoms with van der Waals surface area (Å²) in [6.07, 6.45) is 6.84. The van der Waals surface area contributed by atoms with Gasteiger partial charge < -0.3 is 9.47 Å². The zero-order chi connectivity index (χ0) is 18.9. The minimum absolute atomic E-state index is 0.0782. The second kappa shape index (κ2) is 9.56. The van der Waals surface area contributed by atoms with Crippen LogP contribution in [0.25, 0.3) is 0 Å². The molecule has 2 rings (SSSR count). The summed E-state index contributed by atoms with van der Waals surface area (Å²) in [5.41, 5.74) is 2.02. The SMILES string of the molecule is C=CCCCCc1ccc(COC(=O)CC2=CC(=O)NC2=O)cc1OC. The molecule has 1 heterocycles. The Morgan fingerprint density at radius 3 is 2.73 bits per heavy atom. The molecule has 6 heteroatoms. The summed E-state index contributed by atoms with van der Waals surface area (Å²) in [6.45, 7) is 3.80. The zero-order valence-corrected chi connectivity index (χ0v) is 14.9. The monoisotopic (exact) mass is 357 g/mol. The van der Waals surface area contributed by atoms with Gasteiger partial charge in [0.15, 0.2) is 0 Å². The van der Waals surface area contributed by atoms with E-state index in [0.717, 1.165) is 48.6 Å². The number of carbonyl (C=O) groups excluding carboxylic acids is 3. The molecule has 1 aromatic carbocycles. The molecule has 138 valence electrons. The minimum atomic E-state index is -0.562. The van der Waals surface area contributed by atoms with Crippen LogP contribution in [-0.2, 0) is 32.1 Å². The highest BCUT2D eigenvalue weighted by Gasteiger charge is 2.23. The van der Waals surface area contributed by atoms with E-state index in [2.05, 4.69) is 11.9 Å². The molecule has 1 aromatic rings. The van der Waals surface area contributed by atoms with Gasteiger partial charge in [-0.2, -0.15) is 0 Å². The second-order valence-corrected chi connectivity index (χ2v) is 6.01. The summed E-state index contributed by atoms with van der Waals surface area (Å²) in [4.78, 5) is 34.3. The highest BCUT2D eigenvalue weighted by molar-refractivity contribution is 6.17. The van der Waals surface area contributed by atoms with Crippen molar-refractivity contribution in [1.82, 2.24) is 5.32 Å². The van der Waals surface area contributed by atoms with Gasteiger partial charge in [-0.25, -0.2) is 0 Å². The van der Waals surface area contributed by atoms with Gasteiger partial charge in [0.1, 0.15) is 12.4 Å². The molecule has 6 nitrogen and oxygen atoms in total. The van der Waals surface area contributed by atoms with Gasteiger partial charge in [0.05, 0.1) is 13.5 Å². The van der Waals surface area contributed by atoms with Gasteiger partial charge in [0, 0.05) is 11.6 Å².